The van der Waals surface area contributed by atoms with Crippen LogP contribution in [0.2, 0.25) is 5.02 Å². The van der Waals surface area contributed by atoms with E-state index in [2.05, 4.69) is 35.6 Å². The number of aromatic nitrogens is 2. The van der Waals surface area contributed by atoms with Gasteiger partial charge in [0.15, 0.2) is 5.16 Å². The third-order valence-corrected chi connectivity index (χ3v) is 6.22. The largest absolute Gasteiger partial charge is 0.324 e. The van der Waals surface area contributed by atoms with Gasteiger partial charge >= 0.3 is 0 Å². The third-order valence-electron chi connectivity index (χ3n) is 4.61. The number of amides is 1. The number of anilines is 1. The molecule has 2 aromatic rings. The summed E-state index contributed by atoms with van der Waals surface area (Å²) in [5, 5.41) is 4.15. The summed E-state index contributed by atoms with van der Waals surface area (Å²) in [6.07, 6.45) is 6.56. The molecule has 1 aromatic carbocycles. The van der Waals surface area contributed by atoms with Gasteiger partial charge in [0.1, 0.15) is 5.03 Å². The molecule has 1 N–H and O–H groups in total. The molecule has 3 rings (SSSR count). The summed E-state index contributed by atoms with van der Waals surface area (Å²) < 4.78 is 1.54. The average Bonchev–Trinajstić information content (AvgIpc) is 3.20. The summed E-state index contributed by atoms with van der Waals surface area (Å²) in [5.74, 6) is -0.141. The maximum atomic E-state index is 13.1. The number of allylic oxidation sites excluding steroid dienone is 3. The van der Waals surface area contributed by atoms with Crippen molar-refractivity contribution in [1.29, 1.82) is 0 Å². The molecule has 29 heavy (non-hydrogen) atoms. The second-order valence-corrected chi connectivity index (χ2v) is 8.46. The molecule has 0 saturated heterocycles. The van der Waals surface area contributed by atoms with Crippen molar-refractivity contribution in [3.05, 3.63) is 63.4 Å². The first-order chi connectivity index (χ1) is 13.9. The molecule has 8 heteroatoms. The summed E-state index contributed by atoms with van der Waals surface area (Å²) in [4.78, 5) is 30.0. The zero-order valence-corrected chi connectivity index (χ0v) is 18.5. The molecule has 0 unspecified atom stereocenters. The number of hydrogen-bond donors (Lipinski definition) is 2. The quantitative estimate of drug-likeness (QED) is 0.206. The molecule has 1 aromatic heterocycles. The Hall–Kier alpha value is -1.96. The molecule has 1 aliphatic rings. The second-order valence-electron chi connectivity index (χ2n) is 6.69. The molecule has 0 atom stereocenters. The predicted molar refractivity (Wildman–Crippen MR) is 123 cm³/mol. The lowest BCUT2D eigenvalue weighted by Crippen LogP contribution is -2.27. The number of carbonyl (C=O) groups is 1. The molecule has 0 fully saturated rings. The van der Waals surface area contributed by atoms with Gasteiger partial charge in [0, 0.05) is 6.54 Å². The molecule has 1 amide bonds. The fourth-order valence-corrected chi connectivity index (χ4v) is 4.67. The van der Waals surface area contributed by atoms with Crippen LogP contribution in [0.15, 0.2) is 51.9 Å². The molecule has 1 aliphatic carbocycles. The highest BCUT2D eigenvalue weighted by atomic mass is 35.5. The second kappa shape index (κ2) is 9.69. The van der Waals surface area contributed by atoms with E-state index in [1.54, 1.807) is 16.7 Å². The number of nitrogens with zero attached hydrogens (tertiary/aromatic N) is 2. The molecule has 0 radical (unpaired) electrons. The summed E-state index contributed by atoms with van der Waals surface area (Å²) in [6.45, 7) is 5.92. The van der Waals surface area contributed by atoms with E-state index in [0.717, 1.165) is 30.4 Å². The standard InChI is InChI=1S/C21H22ClN3O2S2/c1-3-11-25-20(27)17(14-8-4-5-9-14)19(28)24-21(25)29-12-16(26)23-18-13(2)7-6-10-15(18)22/h3,6-8,10,28H,1,4-5,9,11-12H2,2H3,(H,23,26). The van der Waals surface area contributed by atoms with Crippen molar-refractivity contribution < 1.29 is 4.79 Å². The summed E-state index contributed by atoms with van der Waals surface area (Å²) in [7, 11) is 0. The van der Waals surface area contributed by atoms with Crippen LogP contribution in [0, 0.1) is 6.92 Å². The number of nitrogens with one attached hydrogen (secondary N) is 1. The Balaban J connectivity index is 1.82. The van der Waals surface area contributed by atoms with Crippen LogP contribution in [0.4, 0.5) is 5.69 Å². The summed E-state index contributed by atoms with van der Waals surface area (Å²) in [5.41, 5.74) is 2.86. The molecule has 1 heterocycles. The first-order valence-electron chi connectivity index (χ1n) is 9.24. The smallest absolute Gasteiger partial charge is 0.263 e. The SMILES string of the molecule is C=CCn1c(SCC(=O)Nc2c(C)cccc2Cl)nc(S)c(C2=CCCC2)c1=O. The van der Waals surface area contributed by atoms with Crippen molar-refractivity contribution in [2.75, 3.05) is 11.1 Å². The van der Waals surface area contributed by atoms with Crippen molar-refractivity contribution in [2.24, 2.45) is 0 Å². The molecule has 0 aliphatic heterocycles. The van der Waals surface area contributed by atoms with E-state index in [1.165, 1.54) is 11.8 Å². The summed E-state index contributed by atoms with van der Waals surface area (Å²) in [6, 6.07) is 5.43. The molecule has 0 spiro atoms. The normalized spacial score (nSPS) is 13.3. The number of thioether (sulfide) groups is 1. The number of rotatable bonds is 7. The van der Waals surface area contributed by atoms with E-state index in [-0.39, 0.29) is 17.2 Å². The van der Waals surface area contributed by atoms with Crippen LogP contribution in [0.3, 0.4) is 0 Å². The van der Waals surface area contributed by atoms with Crippen molar-refractivity contribution in [1.82, 2.24) is 9.55 Å². The van der Waals surface area contributed by atoms with Crippen LogP contribution < -0.4 is 10.9 Å². The van der Waals surface area contributed by atoms with Gasteiger partial charge in [-0.15, -0.1) is 19.2 Å². The van der Waals surface area contributed by atoms with Crippen molar-refractivity contribution >= 4 is 53.2 Å². The molecule has 0 bridgehead atoms. The zero-order valence-electron chi connectivity index (χ0n) is 16.1. The molecular formula is C21H22ClN3O2S2. The topological polar surface area (TPSA) is 64.0 Å². The Bertz CT molecular complexity index is 1030. The Labute approximate surface area is 184 Å². The lowest BCUT2D eigenvalue weighted by molar-refractivity contribution is -0.113. The van der Waals surface area contributed by atoms with Crippen molar-refractivity contribution in [2.45, 2.75) is 42.9 Å². The number of halogens is 1. The number of para-hydroxylation sites is 1. The average molecular weight is 448 g/mol. The molecular weight excluding hydrogens is 426 g/mol. The van der Waals surface area contributed by atoms with Gasteiger partial charge in [0.2, 0.25) is 5.91 Å². The minimum absolute atomic E-state index is 0.0868. The highest BCUT2D eigenvalue weighted by Gasteiger charge is 2.20. The van der Waals surface area contributed by atoms with Crippen LogP contribution in [0.5, 0.6) is 0 Å². The van der Waals surface area contributed by atoms with Crippen LogP contribution in [0.25, 0.3) is 5.57 Å². The van der Waals surface area contributed by atoms with Gasteiger partial charge in [-0.3, -0.25) is 14.2 Å². The third kappa shape index (κ3) is 4.97. The minimum atomic E-state index is -0.228. The maximum absolute atomic E-state index is 13.1. The van der Waals surface area contributed by atoms with Gasteiger partial charge in [0.25, 0.3) is 5.56 Å². The minimum Gasteiger partial charge on any atom is -0.324 e. The van der Waals surface area contributed by atoms with E-state index >= 15 is 0 Å². The fourth-order valence-electron chi connectivity index (χ4n) is 3.20. The van der Waals surface area contributed by atoms with Gasteiger partial charge in [-0.05, 0) is 43.4 Å². The van der Waals surface area contributed by atoms with Crippen molar-refractivity contribution in [3.8, 4) is 0 Å². The molecule has 5 nitrogen and oxygen atoms in total. The van der Waals surface area contributed by atoms with Crippen LogP contribution in [-0.4, -0.2) is 21.2 Å². The Kier molecular flexibility index (Phi) is 7.27. The van der Waals surface area contributed by atoms with Gasteiger partial charge in [0.05, 0.1) is 22.0 Å². The Morgan fingerprint density at radius 2 is 2.28 bits per heavy atom. The van der Waals surface area contributed by atoms with Gasteiger partial charge in [-0.25, -0.2) is 4.98 Å². The van der Waals surface area contributed by atoms with Crippen LogP contribution in [-0.2, 0) is 11.3 Å². The molecule has 0 saturated carbocycles. The number of thiol groups is 1. The first kappa shape index (κ1) is 21.7. The van der Waals surface area contributed by atoms with E-state index in [0.29, 0.717) is 33.0 Å². The molecule has 152 valence electrons. The van der Waals surface area contributed by atoms with E-state index in [4.69, 9.17) is 11.6 Å². The monoisotopic (exact) mass is 447 g/mol. The Morgan fingerprint density at radius 1 is 1.48 bits per heavy atom. The lowest BCUT2D eigenvalue weighted by atomic mass is 10.1. The van der Waals surface area contributed by atoms with Gasteiger partial charge in [-0.2, -0.15) is 0 Å². The van der Waals surface area contributed by atoms with E-state index in [9.17, 15) is 9.59 Å². The predicted octanol–water partition coefficient (Wildman–Crippen LogP) is 4.98. The van der Waals surface area contributed by atoms with Crippen LogP contribution in [0.1, 0.15) is 30.4 Å². The van der Waals surface area contributed by atoms with E-state index in [1.807, 2.05) is 19.1 Å². The number of hydrogen-bond acceptors (Lipinski definition) is 5. The highest BCUT2D eigenvalue weighted by molar-refractivity contribution is 7.99. The summed E-state index contributed by atoms with van der Waals surface area (Å²) >= 11 is 11.8. The fraction of sp³-hybridized carbons (Fsp3) is 0.286. The lowest BCUT2D eigenvalue weighted by Gasteiger charge is -2.15. The maximum Gasteiger partial charge on any atom is 0.263 e. The van der Waals surface area contributed by atoms with E-state index < -0.39 is 0 Å². The van der Waals surface area contributed by atoms with Gasteiger partial charge < -0.3 is 5.32 Å². The number of carbonyl (C=O) groups excluding carboxylic acids is 1. The number of aryl methyl sites for hydroxylation is 1. The zero-order chi connectivity index (χ0) is 21.0. The first-order valence-corrected chi connectivity index (χ1v) is 11.0. The van der Waals surface area contributed by atoms with Crippen molar-refractivity contribution in [3.63, 3.8) is 0 Å². The Morgan fingerprint density at radius 3 is 2.93 bits per heavy atom. The van der Waals surface area contributed by atoms with Crippen LogP contribution >= 0.6 is 36.0 Å². The number of benzene rings is 1. The highest BCUT2D eigenvalue weighted by Crippen LogP contribution is 2.30. The van der Waals surface area contributed by atoms with Gasteiger partial charge in [-0.1, -0.05) is 47.6 Å².